The molecule has 28 heavy (non-hydrogen) atoms. The van der Waals surface area contributed by atoms with Crippen LogP contribution >= 0.6 is 0 Å². The molecule has 0 aromatic heterocycles. The van der Waals surface area contributed by atoms with Crippen LogP contribution in [0, 0.1) is 13.8 Å². The van der Waals surface area contributed by atoms with Crippen LogP contribution in [0.5, 0.6) is 0 Å². The summed E-state index contributed by atoms with van der Waals surface area (Å²) in [5, 5.41) is 2.91. The Bertz CT molecular complexity index is 786. The minimum atomic E-state index is -0.491. The van der Waals surface area contributed by atoms with Crippen molar-refractivity contribution in [2.24, 2.45) is 0 Å². The molecule has 2 amide bonds. The molecule has 0 saturated carbocycles. The fourth-order valence-corrected chi connectivity index (χ4v) is 3.16. The van der Waals surface area contributed by atoms with E-state index < -0.39 is 6.04 Å². The molecule has 0 saturated heterocycles. The Morgan fingerprint density at radius 2 is 1.71 bits per heavy atom. The summed E-state index contributed by atoms with van der Waals surface area (Å²) in [5.41, 5.74) is 4.53. The second kappa shape index (κ2) is 10.6. The maximum Gasteiger partial charge on any atom is 0.242 e. The molecular weight excluding hydrogens is 348 g/mol. The quantitative estimate of drug-likeness (QED) is 0.719. The first-order valence-corrected chi connectivity index (χ1v) is 10.1. The van der Waals surface area contributed by atoms with E-state index in [9.17, 15) is 9.59 Å². The first-order chi connectivity index (χ1) is 13.4. The summed E-state index contributed by atoms with van der Waals surface area (Å²) in [5.74, 6) is -0.110. The molecule has 150 valence electrons. The van der Waals surface area contributed by atoms with Crippen molar-refractivity contribution in [2.45, 2.75) is 53.0 Å². The molecule has 0 unspecified atom stereocenters. The maximum absolute atomic E-state index is 13.1. The number of aryl methyl sites for hydroxylation is 2. The van der Waals surface area contributed by atoms with E-state index in [1.165, 1.54) is 11.1 Å². The van der Waals surface area contributed by atoms with Gasteiger partial charge in [0.2, 0.25) is 11.8 Å². The summed E-state index contributed by atoms with van der Waals surface area (Å²) < 4.78 is 0. The standard InChI is InChI=1S/C24H32N2O2/c1-5-14-25-24(28)20(4)26(15-13-21-9-7-6-8-10-21)23(27)17-22-12-11-18(2)19(3)16-22/h6-12,16,20H,5,13-15,17H2,1-4H3,(H,25,28)/t20-/m0/s1. The van der Waals surface area contributed by atoms with E-state index in [0.717, 1.165) is 24.0 Å². The molecule has 4 heteroatoms. The van der Waals surface area contributed by atoms with Crippen LogP contribution in [-0.4, -0.2) is 35.8 Å². The van der Waals surface area contributed by atoms with Crippen LogP contribution in [0.15, 0.2) is 48.5 Å². The van der Waals surface area contributed by atoms with Gasteiger partial charge in [-0.3, -0.25) is 9.59 Å². The van der Waals surface area contributed by atoms with Crippen molar-refractivity contribution >= 4 is 11.8 Å². The number of nitrogens with one attached hydrogen (secondary N) is 1. The highest BCUT2D eigenvalue weighted by molar-refractivity contribution is 5.88. The minimum Gasteiger partial charge on any atom is -0.354 e. The summed E-state index contributed by atoms with van der Waals surface area (Å²) in [7, 11) is 0. The first-order valence-electron chi connectivity index (χ1n) is 10.1. The fraction of sp³-hybridized carbons (Fsp3) is 0.417. The van der Waals surface area contributed by atoms with Gasteiger partial charge in [-0.25, -0.2) is 0 Å². The zero-order valence-corrected chi connectivity index (χ0v) is 17.5. The predicted molar refractivity (Wildman–Crippen MR) is 114 cm³/mol. The maximum atomic E-state index is 13.1. The normalized spacial score (nSPS) is 11.7. The molecule has 0 aliphatic rings. The minimum absolute atomic E-state index is 0.0154. The van der Waals surface area contributed by atoms with E-state index in [4.69, 9.17) is 0 Å². The van der Waals surface area contributed by atoms with Crippen LogP contribution in [0.1, 0.15) is 42.5 Å². The lowest BCUT2D eigenvalue weighted by Gasteiger charge is -2.29. The topological polar surface area (TPSA) is 49.4 Å². The van der Waals surface area contributed by atoms with Crippen molar-refractivity contribution in [3.8, 4) is 0 Å². The third kappa shape index (κ3) is 6.22. The largest absolute Gasteiger partial charge is 0.354 e. The summed E-state index contributed by atoms with van der Waals surface area (Å²) in [6, 6.07) is 15.7. The summed E-state index contributed by atoms with van der Waals surface area (Å²) >= 11 is 0. The SMILES string of the molecule is CCCNC(=O)[C@H](C)N(CCc1ccccc1)C(=O)Cc1ccc(C)c(C)c1. The monoisotopic (exact) mass is 380 g/mol. The molecule has 0 fully saturated rings. The number of nitrogens with zero attached hydrogens (tertiary/aromatic N) is 1. The van der Waals surface area contributed by atoms with Gasteiger partial charge in [-0.1, -0.05) is 55.5 Å². The van der Waals surface area contributed by atoms with E-state index in [2.05, 4.69) is 25.2 Å². The number of hydrogen-bond donors (Lipinski definition) is 1. The predicted octanol–water partition coefficient (Wildman–Crippen LogP) is 3.83. The second-order valence-electron chi connectivity index (χ2n) is 7.39. The second-order valence-corrected chi connectivity index (χ2v) is 7.39. The summed E-state index contributed by atoms with van der Waals surface area (Å²) in [4.78, 5) is 27.3. The Labute approximate surface area is 169 Å². The van der Waals surface area contributed by atoms with Crippen LogP contribution in [0.3, 0.4) is 0 Å². The molecule has 2 rings (SSSR count). The van der Waals surface area contributed by atoms with Gasteiger partial charge in [0.05, 0.1) is 6.42 Å². The number of hydrogen-bond acceptors (Lipinski definition) is 2. The lowest BCUT2D eigenvalue weighted by atomic mass is 10.0. The van der Waals surface area contributed by atoms with Gasteiger partial charge in [0.1, 0.15) is 6.04 Å². The van der Waals surface area contributed by atoms with Gasteiger partial charge < -0.3 is 10.2 Å². The van der Waals surface area contributed by atoms with E-state index >= 15 is 0 Å². The lowest BCUT2D eigenvalue weighted by Crippen LogP contribution is -2.49. The average molecular weight is 381 g/mol. The molecule has 2 aromatic carbocycles. The highest BCUT2D eigenvalue weighted by atomic mass is 16.2. The van der Waals surface area contributed by atoms with Crippen molar-refractivity contribution in [3.05, 3.63) is 70.8 Å². The van der Waals surface area contributed by atoms with Crippen LogP contribution in [0.4, 0.5) is 0 Å². The van der Waals surface area contributed by atoms with Crippen molar-refractivity contribution in [1.29, 1.82) is 0 Å². The van der Waals surface area contributed by atoms with E-state index in [1.807, 2.05) is 56.3 Å². The van der Waals surface area contributed by atoms with Crippen molar-refractivity contribution in [2.75, 3.05) is 13.1 Å². The third-order valence-electron chi connectivity index (χ3n) is 5.13. The van der Waals surface area contributed by atoms with Crippen molar-refractivity contribution in [3.63, 3.8) is 0 Å². The number of benzene rings is 2. The molecular formula is C24H32N2O2. The van der Waals surface area contributed by atoms with Crippen LogP contribution < -0.4 is 5.32 Å². The summed E-state index contributed by atoms with van der Waals surface area (Å²) in [6.45, 7) is 9.09. The molecule has 0 aliphatic heterocycles. The molecule has 1 N–H and O–H groups in total. The third-order valence-corrected chi connectivity index (χ3v) is 5.13. The van der Waals surface area contributed by atoms with E-state index in [1.54, 1.807) is 4.90 Å². The Kier molecular flexibility index (Phi) is 8.24. The average Bonchev–Trinajstić information content (AvgIpc) is 2.69. The van der Waals surface area contributed by atoms with Gasteiger partial charge in [-0.2, -0.15) is 0 Å². The van der Waals surface area contributed by atoms with Crippen LogP contribution in [0.25, 0.3) is 0 Å². The van der Waals surface area contributed by atoms with Crippen LogP contribution in [-0.2, 0) is 22.4 Å². The highest BCUT2D eigenvalue weighted by Gasteiger charge is 2.25. The first kappa shape index (κ1) is 21.7. The molecule has 0 heterocycles. The van der Waals surface area contributed by atoms with Gasteiger partial charge in [0.15, 0.2) is 0 Å². The Hall–Kier alpha value is -2.62. The van der Waals surface area contributed by atoms with Gasteiger partial charge in [0, 0.05) is 13.1 Å². The van der Waals surface area contributed by atoms with Gasteiger partial charge in [0.25, 0.3) is 0 Å². The molecule has 1 atom stereocenters. The highest BCUT2D eigenvalue weighted by Crippen LogP contribution is 2.13. The van der Waals surface area contributed by atoms with Gasteiger partial charge >= 0.3 is 0 Å². The zero-order chi connectivity index (χ0) is 20.5. The molecule has 2 aromatic rings. The number of carbonyl (C=O) groups is 2. The smallest absolute Gasteiger partial charge is 0.242 e. The number of amides is 2. The van der Waals surface area contributed by atoms with Crippen LogP contribution in [0.2, 0.25) is 0 Å². The summed E-state index contributed by atoms with van der Waals surface area (Å²) in [6.07, 6.45) is 1.91. The Morgan fingerprint density at radius 1 is 1.00 bits per heavy atom. The zero-order valence-electron chi connectivity index (χ0n) is 17.5. The molecule has 0 bridgehead atoms. The molecule has 0 spiro atoms. The lowest BCUT2D eigenvalue weighted by molar-refractivity contribution is -0.139. The number of carbonyl (C=O) groups excluding carboxylic acids is 2. The van der Waals surface area contributed by atoms with E-state index in [-0.39, 0.29) is 11.8 Å². The fourth-order valence-electron chi connectivity index (χ4n) is 3.16. The van der Waals surface area contributed by atoms with Crippen molar-refractivity contribution < 1.29 is 9.59 Å². The molecule has 0 aliphatic carbocycles. The number of rotatable bonds is 9. The van der Waals surface area contributed by atoms with E-state index in [0.29, 0.717) is 19.5 Å². The molecule has 4 nitrogen and oxygen atoms in total. The Morgan fingerprint density at radius 3 is 2.36 bits per heavy atom. The van der Waals surface area contributed by atoms with Gasteiger partial charge in [-0.05, 0) is 55.9 Å². The molecule has 0 radical (unpaired) electrons. The van der Waals surface area contributed by atoms with Crippen molar-refractivity contribution in [1.82, 2.24) is 10.2 Å². The Balaban J connectivity index is 2.13. The van der Waals surface area contributed by atoms with Gasteiger partial charge in [-0.15, -0.1) is 0 Å².